The standard InChI is InChI=1S/C9H15N/c1-5-9(8(3)4)7-10-6-2/h5-8H,2H2,1,3-4H3/b9-5+,10-7?. The summed E-state index contributed by atoms with van der Waals surface area (Å²) in [6.45, 7) is 9.81. The van der Waals surface area contributed by atoms with Crippen LogP contribution in [0, 0.1) is 5.92 Å². The molecular formula is C9H15N. The molecule has 0 bridgehead atoms. The maximum Gasteiger partial charge on any atom is 0.0298 e. The van der Waals surface area contributed by atoms with Crippen molar-refractivity contribution in [1.82, 2.24) is 0 Å². The van der Waals surface area contributed by atoms with E-state index in [1.807, 2.05) is 13.1 Å². The fraction of sp³-hybridized carbons (Fsp3) is 0.444. The molecule has 0 amide bonds. The van der Waals surface area contributed by atoms with Gasteiger partial charge in [-0.1, -0.05) is 26.5 Å². The average molecular weight is 137 g/mol. The van der Waals surface area contributed by atoms with E-state index >= 15 is 0 Å². The van der Waals surface area contributed by atoms with Crippen molar-refractivity contribution in [2.45, 2.75) is 20.8 Å². The first-order valence-electron chi connectivity index (χ1n) is 3.52. The van der Waals surface area contributed by atoms with Crippen LogP contribution >= 0.6 is 0 Å². The zero-order valence-corrected chi connectivity index (χ0v) is 6.96. The second kappa shape index (κ2) is 4.98. The van der Waals surface area contributed by atoms with Gasteiger partial charge in [0.2, 0.25) is 0 Å². The van der Waals surface area contributed by atoms with Crippen LogP contribution in [-0.2, 0) is 0 Å². The summed E-state index contributed by atoms with van der Waals surface area (Å²) in [6.07, 6.45) is 5.46. The summed E-state index contributed by atoms with van der Waals surface area (Å²) in [5.41, 5.74) is 1.25. The van der Waals surface area contributed by atoms with Crippen molar-refractivity contribution in [1.29, 1.82) is 0 Å². The molecule has 56 valence electrons. The third kappa shape index (κ3) is 3.23. The summed E-state index contributed by atoms with van der Waals surface area (Å²) in [5.74, 6) is 0.550. The van der Waals surface area contributed by atoms with E-state index in [1.165, 1.54) is 5.57 Å². The van der Waals surface area contributed by atoms with Gasteiger partial charge in [-0.3, -0.25) is 4.99 Å². The highest BCUT2D eigenvalue weighted by atomic mass is 14.7. The van der Waals surface area contributed by atoms with Gasteiger partial charge in [0, 0.05) is 12.4 Å². The van der Waals surface area contributed by atoms with Crippen LogP contribution in [0.25, 0.3) is 0 Å². The normalized spacial score (nSPS) is 13.0. The molecule has 10 heavy (non-hydrogen) atoms. The second-order valence-corrected chi connectivity index (χ2v) is 2.40. The van der Waals surface area contributed by atoms with E-state index in [4.69, 9.17) is 0 Å². The van der Waals surface area contributed by atoms with E-state index in [0.717, 1.165) is 0 Å². The van der Waals surface area contributed by atoms with Crippen LogP contribution in [-0.4, -0.2) is 6.21 Å². The predicted molar refractivity (Wildman–Crippen MR) is 47.3 cm³/mol. The molecule has 0 fully saturated rings. The van der Waals surface area contributed by atoms with Crippen LogP contribution < -0.4 is 0 Å². The molecule has 0 unspecified atom stereocenters. The largest absolute Gasteiger partial charge is 0.265 e. The Bertz CT molecular complexity index is 152. The first-order chi connectivity index (χ1) is 4.72. The second-order valence-electron chi connectivity index (χ2n) is 2.40. The van der Waals surface area contributed by atoms with Gasteiger partial charge >= 0.3 is 0 Å². The summed E-state index contributed by atoms with van der Waals surface area (Å²) < 4.78 is 0. The Morgan fingerprint density at radius 3 is 2.40 bits per heavy atom. The molecule has 0 aliphatic carbocycles. The quantitative estimate of drug-likeness (QED) is 0.530. The molecule has 0 saturated heterocycles. The number of aliphatic imine (C=N–C) groups is 1. The van der Waals surface area contributed by atoms with Crippen LogP contribution in [0.1, 0.15) is 20.8 Å². The Balaban J connectivity index is 4.10. The van der Waals surface area contributed by atoms with Crippen molar-refractivity contribution >= 4 is 6.21 Å². The van der Waals surface area contributed by atoms with Crippen molar-refractivity contribution in [3.05, 3.63) is 24.4 Å². The zero-order chi connectivity index (χ0) is 7.98. The van der Waals surface area contributed by atoms with Gasteiger partial charge in [0.25, 0.3) is 0 Å². The highest BCUT2D eigenvalue weighted by Gasteiger charge is 1.95. The molecule has 0 heterocycles. The van der Waals surface area contributed by atoms with Gasteiger partial charge in [-0.15, -0.1) is 0 Å². The minimum absolute atomic E-state index is 0.550. The molecule has 0 aromatic heterocycles. The predicted octanol–water partition coefficient (Wildman–Crippen LogP) is 2.80. The number of hydrogen-bond acceptors (Lipinski definition) is 1. The lowest BCUT2D eigenvalue weighted by Gasteiger charge is -2.02. The molecular weight excluding hydrogens is 122 g/mol. The van der Waals surface area contributed by atoms with Crippen LogP contribution in [0.3, 0.4) is 0 Å². The van der Waals surface area contributed by atoms with Gasteiger partial charge < -0.3 is 0 Å². The molecule has 0 atom stereocenters. The number of hydrogen-bond donors (Lipinski definition) is 0. The molecule has 0 aliphatic heterocycles. The van der Waals surface area contributed by atoms with Crippen molar-refractivity contribution in [2.24, 2.45) is 10.9 Å². The minimum Gasteiger partial charge on any atom is -0.265 e. The van der Waals surface area contributed by atoms with Crippen LogP contribution in [0.4, 0.5) is 0 Å². The first-order valence-corrected chi connectivity index (χ1v) is 3.52. The van der Waals surface area contributed by atoms with Crippen molar-refractivity contribution in [3.63, 3.8) is 0 Å². The first kappa shape index (κ1) is 9.15. The van der Waals surface area contributed by atoms with Crippen molar-refractivity contribution < 1.29 is 0 Å². The van der Waals surface area contributed by atoms with E-state index in [1.54, 1.807) is 6.20 Å². The fourth-order valence-corrected chi connectivity index (χ4v) is 0.696. The highest BCUT2D eigenvalue weighted by Crippen LogP contribution is 2.05. The number of rotatable bonds is 3. The molecule has 0 saturated carbocycles. The maximum absolute atomic E-state index is 3.93. The third-order valence-corrected chi connectivity index (χ3v) is 1.33. The van der Waals surface area contributed by atoms with E-state index in [2.05, 4.69) is 31.5 Å². The Morgan fingerprint density at radius 1 is 1.50 bits per heavy atom. The monoisotopic (exact) mass is 137 g/mol. The van der Waals surface area contributed by atoms with Crippen LogP contribution in [0.15, 0.2) is 29.4 Å². The molecule has 0 aromatic rings. The van der Waals surface area contributed by atoms with Crippen LogP contribution in [0.2, 0.25) is 0 Å². The van der Waals surface area contributed by atoms with Gasteiger partial charge in [-0.05, 0) is 18.4 Å². The van der Waals surface area contributed by atoms with Gasteiger partial charge in [-0.2, -0.15) is 0 Å². The summed E-state index contributed by atoms with van der Waals surface area (Å²) in [6, 6.07) is 0. The molecule has 0 aromatic carbocycles. The lowest BCUT2D eigenvalue weighted by Crippen LogP contribution is -1.93. The minimum atomic E-state index is 0.550. The fourth-order valence-electron chi connectivity index (χ4n) is 0.696. The van der Waals surface area contributed by atoms with E-state index in [9.17, 15) is 0 Å². The summed E-state index contributed by atoms with van der Waals surface area (Å²) in [7, 11) is 0. The maximum atomic E-state index is 3.93. The van der Waals surface area contributed by atoms with Crippen LogP contribution in [0.5, 0.6) is 0 Å². The van der Waals surface area contributed by atoms with Gasteiger partial charge in [-0.25, -0.2) is 0 Å². The molecule has 0 aliphatic rings. The smallest absolute Gasteiger partial charge is 0.0298 e. The zero-order valence-electron chi connectivity index (χ0n) is 6.96. The van der Waals surface area contributed by atoms with E-state index in [-0.39, 0.29) is 0 Å². The summed E-state index contributed by atoms with van der Waals surface area (Å²) in [4.78, 5) is 3.93. The van der Waals surface area contributed by atoms with Gasteiger partial charge in [0.15, 0.2) is 0 Å². The Kier molecular flexibility index (Phi) is 4.55. The lowest BCUT2D eigenvalue weighted by atomic mass is 10.1. The van der Waals surface area contributed by atoms with Gasteiger partial charge in [0.1, 0.15) is 0 Å². The molecule has 1 heteroatoms. The van der Waals surface area contributed by atoms with Crippen molar-refractivity contribution in [3.8, 4) is 0 Å². The van der Waals surface area contributed by atoms with E-state index < -0.39 is 0 Å². The number of nitrogens with zero attached hydrogens (tertiary/aromatic N) is 1. The topological polar surface area (TPSA) is 12.4 Å². The summed E-state index contributed by atoms with van der Waals surface area (Å²) >= 11 is 0. The number of allylic oxidation sites excluding steroid dienone is 2. The highest BCUT2D eigenvalue weighted by molar-refractivity contribution is 5.79. The van der Waals surface area contributed by atoms with E-state index in [0.29, 0.717) is 5.92 Å². The average Bonchev–Trinajstić information content (AvgIpc) is 1.89. The molecule has 0 rings (SSSR count). The van der Waals surface area contributed by atoms with Gasteiger partial charge in [0.05, 0.1) is 0 Å². The molecule has 0 radical (unpaired) electrons. The lowest BCUT2D eigenvalue weighted by molar-refractivity contribution is 0.805. The molecule has 0 spiro atoms. The Labute approximate surface area is 63.2 Å². The van der Waals surface area contributed by atoms with Crippen molar-refractivity contribution in [2.75, 3.05) is 0 Å². The Hall–Kier alpha value is -0.850. The molecule has 0 N–H and O–H groups in total. The molecule has 1 nitrogen and oxygen atoms in total. The summed E-state index contributed by atoms with van der Waals surface area (Å²) in [5, 5.41) is 0. The SMILES string of the molecule is C=CN=C/C(=C\C)C(C)C. The Morgan fingerprint density at radius 2 is 2.10 bits per heavy atom. The third-order valence-electron chi connectivity index (χ3n) is 1.33.